The van der Waals surface area contributed by atoms with Crippen LogP contribution in [0.1, 0.15) is 51.8 Å². The highest BCUT2D eigenvalue weighted by Gasteiger charge is 2.33. The fourth-order valence-electron chi connectivity index (χ4n) is 4.12. The third-order valence-corrected chi connectivity index (χ3v) is 6.58. The molecule has 1 aromatic heterocycles. The molecular formula is C28H30N2O5S. The number of esters is 1. The first-order valence-electron chi connectivity index (χ1n) is 12.0. The predicted molar refractivity (Wildman–Crippen MR) is 140 cm³/mol. The molecule has 3 aromatic rings. The molecule has 1 aliphatic heterocycles. The van der Waals surface area contributed by atoms with Gasteiger partial charge >= 0.3 is 5.97 Å². The van der Waals surface area contributed by atoms with Gasteiger partial charge in [-0.05, 0) is 64.5 Å². The van der Waals surface area contributed by atoms with Crippen LogP contribution in [0.5, 0.6) is 11.5 Å². The second-order valence-electron chi connectivity index (χ2n) is 8.51. The second kappa shape index (κ2) is 11.0. The van der Waals surface area contributed by atoms with Crippen LogP contribution in [-0.2, 0) is 9.53 Å². The van der Waals surface area contributed by atoms with Crippen LogP contribution in [-0.4, -0.2) is 29.9 Å². The van der Waals surface area contributed by atoms with Gasteiger partial charge in [0.15, 0.2) is 4.80 Å². The Bertz CT molecular complexity index is 1460. The Labute approximate surface area is 214 Å². The molecule has 0 aliphatic carbocycles. The lowest BCUT2D eigenvalue weighted by Gasteiger charge is -2.25. The minimum absolute atomic E-state index is 0.230. The standard InChI is InChI=1S/C28H30N2O5S/c1-6-33-21-14-12-19(13-15-21)25-24(27(32)35-17(3)4)18(5)29-28-30(25)26(31)23(36-28)16-20-10-8-9-11-22(20)34-7-2/h8-17,25H,6-7H2,1-5H3/b23-16+/t25-/m0/s1. The summed E-state index contributed by atoms with van der Waals surface area (Å²) in [6.07, 6.45) is 1.51. The zero-order valence-electron chi connectivity index (χ0n) is 21.1. The van der Waals surface area contributed by atoms with Gasteiger partial charge in [-0.15, -0.1) is 0 Å². The van der Waals surface area contributed by atoms with Crippen molar-refractivity contribution >= 4 is 23.4 Å². The molecule has 2 heterocycles. The van der Waals surface area contributed by atoms with Gasteiger partial charge in [0.1, 0.15) is 11.5 Å². The number of fused-ring (bicyclic) bond motifs is 1. The molecule has 0 saturated heterocycles. The number of aromatic nitrogens is 1. The normalized spacial score (nSPS) is 15.5. The number of para-hydroxylation sites is 1. The molecule has 188 valence electrons. The molecule has 0 N–H and O–H groups in total. The van der Waals surface area contributed by atoms with Crippen LogP contribution in [0.25, 0.3) is 6.08 Å². The Balaban J connectivity index is 1.91. The van der Waals surface area contributed by atoms with Crippen molar-refractivity contribution in [1.82, 2.24) is 4.57 Å². The number of carbonyl (C=O) groups excluding carboxylic acids is 1. The van der Waals surface area contributed by atoms with E-state index in [0.717, 1.165) is 11.1 Å². The summed E-state index contributed by atoms with van der Waals surface area (Å²) in [5.41, 5.74) is 2.22. The molecule has 4 rings (SSSR count). The minimum atomic E-state index is -0.674. The Morgan fingerprint density at radius 1 is 1.08 bits per heavy atom. The third-order valence-electron chi connectivity index (χ3n) is 5.60. The van der Waals surface area contributed by atoms with Crippen molar-refractivity contribution in [2.24, 2.45) is 4.99 Å². The number of rotatable bonds is 8. The van der Waals surface area contributed by atoms with E-state index < -0.39 is 12.0 Å². The fraction of sp³-hybridized carbons (Fsp3) is 0.321. The number of benzene rings is 2. The smallest absolute Gasteiger partial charge is 0.338 e. The van der Waals surface area contributed by atoms with Gasteiger partial charge in [0.25, 0.3) is 5.56 Å². The average Bonchev–Trinajstić information content (AvgIpc) is 3.14. The van der Waals surface area contributed by atoms with E-state index in [4.69, 9.17) is 14.2 Å². The number of carbonyl (C=O) groups is 1. The molecule has 1 aliphatic rings. The lowest BCUT2D eigenvalue weighted by Crippen LogP contribution is -2.40. The third kappa shape index (κ3) is 5.14. The van der Waals surface area contributed by atoms with Crippen LogP contribution in [0.2, 0.25) is 0 Å². The SMILES string of the molecule is CCOc1ccc([C@H]2C(C(=O)OC(C)C)=C(C)N=c3s/c(=C/c4ccccc4OCC)c(=O)n32)cc1. The Hall–Kier alpha value is -3.65. The monoisotopic (exact) mass is 506 g/mol. The minimum Gasteiger partial charge on any atom is -0.494 e. The Morgan fingerprint density at radius 3 is 2.44 bits per heavy atom. The van der Waals surface area contributed by atoms with E-state index in [1.54, 1.807) is 25.3 Å². The molecule has 1 atom stereocenters. The van der Waals surface area contributed by atoms with Gasteiger partial charge in [0.2, 0.25) is 0 Å². The fourth-order valence-corrected chi connectivity index (χ4v) is 5.15. The van der Waals surface area contributed by atoms with E-state index in [2.05, 4.69) is 4.99 Å². The maximum Gasteiger partial charge on any atom is 0.338 e. The van der Waals surface area contributed by atoms with E-state index >= 15 is 0 Å². The van der Waals surface area contributed by atoms with Crippen molar-refractivity contribution in [1.29, 1.82) is 0 Å². The first kappa shape index (κ1) is 25.4. The second-order valence-corrected chi connectivity index (χ2v) is 9.52. The highest BCUT2D eigenvalue weighted by atomic mass is 32.1. The number of nitrogens with zero attached hydrogens (tertiary/aromatic N) is 2. The first-order chi connectivity index (χ1) is 17.3. The van der Waals surface area contributed by atoms with Crippen molar-refractivity contribution in [2.75, 3.05) is 13.2 Å². The largest absolute Gasteiger partial charge is 0.494 e. The lowest BCUT2D eigenvalue weighted by molar-refractivity contribution is -0.143. The molecule has 8 heteroatoms. The molecule has 0 unspecified atom stereocenters. The van der Waals surface area contributed by atoms with Crippen LogP contribution in [0.15, 0.2) is 69.6 Å². The van der Waals surface area contributed by atoms with Crippen LogP contribution in [0.4, 0.5) is 0 Å². The maximum atomic E-state index is 13.8. The molecule has 0 radical (unpaired) electrons. The molecule has 0 spiro atoms. The molecule has 0 bridgehead atoms. The zero-order valence-corrected chi connectivity index (χ0v) is 21.9. The van der Waals surface area contributed by atoms with Crippen molar-refractivity contribution < 1.29 is 19.0 Å². The number of ether oxygens (including phenoxy) is 3. The Kier molecular flexibility index (Phi) is 7.74. The molecule has 0 saturated carbocycles. The maximum absolute atomic E-state index is 13.8. The van der Waals surface area contributed by atoms with Crippen LogP contribution in [0.3, 0.4) is 0 Å². The highest BCUT2D eigenvalue weighted by molar-refractivity contribution is 7.07. The molecule has 7 nitrogen and oxygen atoms in total. The van der Waals surface area contributed by atoms with Crippen LogP contribution < -0.4 is 24.4 Å². The van der Waals surface area contributed by atoms with E-state index in [-0.39, 0.29) is 11.7 Å². The van der Waals surface area contributed by atoms with Gasteiger partial charge in [-0.25, -0.2) is 9.79 Å². The van der Waals surface area contributed by atoms with E-state index in [9.17, 15) is 9.59 Å². The van der Waals surface area contributed by atoms with Crippen LogP contribution >= 0.6 is 11.3 Å². The van der Waals surface area contributed by atoms with Gasteiger partial charge in [0, 0.05) is 5.56 Å². The number of allylic oxidation sites excluding steroid dienone is 1. The summed E-state index contributed by atoms with van der Waals surface area (Å²) in [4.78, 5) is 32.2. The summed E-state index contributed by atoms with van der Waals surface area (Å²) in [5.74, 6) is 0.931. The summed E-state index contributed by atoms with van der Waals surface area (Å²) in [6, 6.07) is 14.3. The summed E-state index contributed by atoms with van der Waals surface area (Å²) in [7, 11) is 0. The highest BCUT2D eigenvalue weighted by Crippen LogP contribution is 2.32. The molecular weight excluding hydrogens is 476 g/mol. The number of hydrogen-bond acceptors (Lipinski definition) is 7. The van der Waals surface area contributed by atoms with E-state index in [0.29, 0.717) is 45.3 Å². The van der Waals surface area contributed by atoms with Crippen molar-refractivity contribution in [3.63, 3.8) is 0 Å². The molecule has 0 fully saturated rings. The summed E-state index contributed by atoms with van der Waals surface area (Å²) in [5, 5.41) is 0. The summed E-state index contributed by atoms with van der Waals surface area (Å²) in [6.45, 7) is 10.3. The van der Waals surface area contributed by atoms with Gasteiger partial charge < -0.3 is 14.2 Å². The van der Waals surface area contributed by atoms with Crippen molar-refractivity contribution in [3.8, 4) is 11.5 Å². The van der Waals surface area contributed by atoms with Crippen LogP contribution in [0, 0.1) is 0 Å². The number of thiazole rings is 1. The first-order valence-corrected chi connectivity index (χ1v) is 12.8. The Morgan fingerprint density at radius 2 is 1.78 bits per heavy atom. The molecule has 2 aromatic carbocycles. The molecule has 36 heavy (non-hydrogen) atoms. The molecule has 0 amide bonds. The van der Waals surface area contributed by atoms with Crippen molar-refractivity contribution in [2.45, 2.75) is 46.8 Å². The topological polar surface area (TPSA) is 79.1 Å². The zero-order chi connectivity index (χ0) is 25.8. The quantitative estimate of drug-likeness (QED) is 0.432. The van der Waals surface area contributed by atoms with E-state index in [1.165, 1.54) is 11.3 Å². The van der Waals surface area contributed by atoms with Gasteiger partial charge in [-0.1, -0.05) is 41.7 Å². The van der Waals surface area contributed by atoms with Gasteiger partial charge in [0.05, 0.1) is 41.2 Å². The van der Waals surface area contributed by atoms with Gasteiger partial charge in [-0.3, -0.25) is 9.36 Å². The lowest BCUT2D eigenvalue weighted by atomic mass is 9.96. The predicted octanol–water partition coefficient (Wildman–Crippen LogP) is 3.98. The average molecular weight is 507 g/mol. The summed E-state index contributed by atoms with van der Waals surface area (Å²) >= 11 is 1.29. The van der Waals surface area contributed by atoms with Crippen molar-refractivity contribution in [3.05, 3.63) is 90.6 Å². The summed E-state index contributed by atoms with van der Waals surface area (Å²) < 4.78 is 19.0. The number of hydrogen-bond donors (Lipinski definition) is 0. The van der Waals surface area contributed by atoms with E-state index in [1.807, 2.05) is 68.5 Å². The van der Waals surface area contributed by atoms with Gasteiger partial charge in [-0.2, -0.15) is 0 Å².